The number of para-hydroxylation sites is 1. The van der Waals surface area contributed by atoms with Crippen molar-refractivity contribution in [2.45, 2.75) is 47.3 Å². The third kappa shape index (κ3) is 3.49. The molecular formula is C20H25N3O3. The second kappa shape index (κ2) is 6.59. The molecule has 6 nitrogen and oxygen atoms in total. The zero-order chi connectivity index (χ0) is 19.1. The first-order chi connectivity index (χ1) is 12.2. The molecule has 0 spiro atoms. The highest BCUT2D eigenvalue weighted by atomic mass is 16.5. The van der Waals surface area contributed by atoms with Gasteiger partial charge < -0.3 is 9.30 Å². The van der Waals surface area contributed by atoms with Crippen LogP contribution >= 0.6 is 0 Å². The first kappa shape index (κ1) is 18.2. The minimum Gasteiger partial charge on any atom is -0.462 e. The van der Waals surface area contributed by atoms with Gasteiger partial charge in [0.1, 0.15) is 12.2 Å². The fourth-order valence-electron chi connectivity index (χ4n) is 2.98. The molecule has 0 atom stereocenters. The number of hydrazone groups is 1. The molecule has 1 aromatic heterocycles. The number of carbonyl (C=O) groups excluding carboxylic acids is 2. The Morgan fingerprint density at radius 3 is 2.62 bits per heavy atom. The third-order valence-electron chi connectivity index (χ3n) is 4.33. The lowest BCUT2D eigenvalue weighted by atomic mass is 9.90. The summed E-state index contributed by atoms with van der Waals surface area (Å²) in [4.78, 5) is 25.2. The van der Waals surface area contributed by atoms with Gasteiger partial charge in [-0.3, -0.25) is 9.59 Å². The van der Waals surface area contributed by atoms with Gasteiger partial charge in [0.05, 0.1) is 18.4 Å². The number of hydrogen-bond acceptors (Lipinski definition) is 4. The SMILES string of the molecule is CC(C)OC(=O)CN1N=C(C(C)(C)C)Cn2c(cc3ccccc32)C1=O. The normalized spacial score (nSPS) is 15.1. The number of fused-ring (bicyclic) bond motifs is 3. The average Bonchev–Trinajstić information content (AvgIpc) is 2.83. The van der Waals surface area contributed by atoms with Crippen molar-refractivity contribution in [1.29, 1.82) is 0 Å². The van der Waals surface area contributed by atoms with Gasteiger partial charge in [-0.1, -0.05) is 39.0 Å². The van der Waals surface area contributed by atoms with Gasteiger partial charge in [0, 0.05) is 16.3 Å². The van der Waals surface area contributed by atoms with Crippen LogP contribution in [0.4, 0.5) is 0 Å². The Balaban J connectivity index is 2.07. The maximum Gasteiger partial charge on any atom is 0.328 e. The summed E-state index contributed by atoms with van der Waals surface area (Å²) in [6.45, 7) is 10.0. The highest BCUT2D eigenvalue weighted by Gasteiger charge is 2.31. The van der Waals surface area contributed by atoms with Crippen molar-refractivity contribution < 1.29 is 14.3 Å². The Morgan fingerprint density at radius 2 is 1.96 bits per heavy atom. The molecule has 0 bridgehead atoms. The molecule has 2 aromatic rings. The lowest BCUT2D eigenvalue weighted by Crippen LogP contribution is -2.34. The number of rotatable bonds is 3. The van der Waals surface area contributed by atoms with Crippen molar-refractivity contribution in [3.8, 4) is 0 Å². The van der Waals surface area contributed by atoms with Crippen LogP contribution in [-0.4, -0.2) is 39.8 Å². The van der Waals surface area contributed by atoms with E-state index in [0.29, 0.717) is 12.2 Å². The summed E-state index contributed by atoms with van der Waals surface area (Å²) in [6, 6.07) is 9.74. The molecule has 1 aliphatic heterocycles. The Morgan fingerprint density at radius 1 is 1.27 bits per heavy atom. The molecule has 0 unspecified atom stereocenters. The molecule has 0 aliphatic carbocycles. The number of hydrogen-bond donors (Lipinski definition) is 0. The average molecular weight is 355 g/mol. The molecule has 3 rings (SSSR count). The van der Waals surface area contributed by atoms with Crippen LogP contribution in [0.25, 0.3) is 10.9 Å². The fourth-order valence-corrected chi connectivity index (χ4v) is 2.98. The van der Waals surface area contributed by atoms with Gasteiger partial charge in [0.15, 0.2) is 0 Å². The van der Waals surface area contributed by atoms with Crippen molar-refractivity contribution in [2.24, 2.45) is 10.5 Å². The van der Waals surface area contributed by atoms with Crippen LogP contribution in [0.1, 0.15) is 45.1 Å². The number of aromatic nitrogens is 1. The van der Waals surface area contributed by atoms with Gasteiger partial charge in [0.25, 0.3) is 5.91 Å². The Labute approximate surface area is 153 Å². The monoisotopic (exact) mass is 355 g/mol. The van der Waals surface area contributed by atoms with Crippen molar-refractivity contribution in [3.05, 3.63) is 36.0 Å². The summed E-state index contributed by atoms with van der Waals surface area (Å²) in [7, 11) is 0. The summed E-state index contributed by atoms with van der Waals surface area (Å²) < 4.78 is 7.18. The van der Waals surface area contributed by atoms with Crippen LogP contribution in [-0.2, 0) is 16.1 Å². The fraction of sp³-hybridized carbons (Fsp3) is 0.450. The molecule has 0 radical (unpaired) electrons. The van der Waals surface area contributed by atoms with E-state index in [9.17, 15) is 9.59 Å². The second-order valence-electron chi connectivity index (χ2n) is 7.87. The van der Waals surface area contributed by atoms with Gasteiger partial charge in [0.2, 0.25) is 0 Å². The highest BCUT2D eigenvalue weighted by molar-refractivity contribution is 6.03. The van der Waals surface area contributed by atoms with E-state index in [2.05, 4.69) is 25.9 Å². The number of esters is 1. The van der Waals surface area contributed by atoms with Crippen molar-refractivity contribution in [2.75, 3.05) is 6.54 Å². The summed E-state index contributed by atoms with van der Waals surface area (Å²) in [5.74, 6) is -0.754. The summed E-state index contributed by atoms with van der Waals surface area (Å²) in [5, 5.41) is 6.78. The maximum atomic E-state index is 13.1. The van der Waals surface area contributed by atoms with Crippen LogP contribution in [0.3, 0.4) is 0 Å². The Hall–Kier alpha value is -2.63. The summed E-state index contributed by atoms with van der Waals surface area (Å²) in [5.41, 5.74) is 2.11. The molecular weight excluding hydrogens is 330 g/mol. The van der Waals surface area contributed by atoms with Gasteiger partial charge in [-0.25, -0.2) is 5.01 Å². The zero-order valence-electron chi connectivity index (χ0n) is 15.9. The molecule has 0 saturated heterocycles. The first-order valence-corrected chi connectivity index (χ1v) is 8.84. The Kier molecular flexibility index (Phi) is 4.61. The van der Waals surface area contributed by atoms with Crippen molar-refractivity contribution >= 4 is 28.5 Å². The summed E-state index contributed by atoms with van der Waals surface area (Å²) >= 11 is 0. The molecule has 2 heterocycles. The van der Waals surface area contributed by atoms with Crippen LogP contribution in [0.5, 0.6) is 0 Å². The van der Waals surface area contributed by atoms with Gasteiger partial charge in [-0.05, 0) is 26.0 Å². The number of ether oxygens (including phenoxy) is 1. The molecule has 26 heavy (non-hydrogen) atoms. The van der Waals surface area contributed by atoms with Crippen LogP contribution in [0, 0.1) is 5.41 Å². The number of carbonyl (C=O) groups is 2. The van der Waals surface area contributed by atoms with E-state index >= 15 is 0 Å². The van der Waals surface area contributed by atoms with E-state index in [1.54, 1.807) is 13.8 Å². The molecule has 1 aliphatic rings. The molecule has 0 fully saturated rings. The van der Waals surface area contributed by atoms with E-state index in [1.165, 1.54) is 5.01 Å². The van der Waals surface area contributed by atoms with Crippen LogP contribution < -0.4 is 0 Å². The Bertz CT molecular complexity index is 887. The molecule has 6 heteroatoms. The largest absolute Gasteiger partial charge is 0.462 e. The minimum absolute atomic E-state index is 0.196. The van der Waals surface area contributed by atoms with Gasteiger partial charge in [-0.2, -0.15) is 5.10 Å². The van der Waals surface area contributed by atoms with Gasteiger partial charge in [-0.15, -0.1) is 0 Å². The van der Waals surface area contributed by atoms with Crippen molar-refractivity contribution in [3.63, 3.8) is 0 Å². The molecule has 0 saturated carbocycles. The van der Waals surface area contributed by atoms with Gasteiger partial charge >= 0.3 is 5.97 Å². The molecule has 138 valence electrons. The minimum atomic E-state index is -0.463. The molecule has 1 amide bonds. The quantitative estimate of drug-likeness (QED) is 0.792. The zero-order valence-corrected chi connectivity index (χ0v) is 15.9. The highest BCUT2D eigenvalue weighted by Crippen LogP contribution is 2.27. The van der Waals surface area contributed by atoms with Crippen molar-refractivity contribution in [1.82, 2.24) is 9.58 Å². The smallest absolute Gasteiger partial charge is 0.328 e. The molecule has 0 N–H and O–H groups in total. The molecule has 1 aromatic carbocycles. The first-order valence-electron chi connectivity index (χ1n) is 8.84. The maximum absolute atomic E-state index is 13.1. The van der Waals surface area contributed by atoms with E-state index in [0.717, 1.165) is 16.6 Å². The number of amides is 1. The third-order valence-corrected chi connectivity index (χ3v) is 4.33. The number of nitrogens with zero attached hydrogens (tertiary/aromatic N) is 3. The second-order valence-corrected chi connectivity index (χ2v) is 7.87. The predicted molar refractivity (Wildman–Crippen MR) is 101 cm³/mol. The summed E-state index contributed by atoms with van der Waals surface area (Å²) in [6.07, 6.45) is -0.234. The van der Waals surface area contributed by atoms with E-state index < -0.39 is 5.97 Å². The van der Waals surface area contributed by atoms with Crippen LogP contribution in [0.15, 0.2) is 35.4 Å². The van der Waals surface area contributed by atoms with E-state index in [-0.39, 0.29) is 24.0 Å². The van der Waals surface area contributed by atoms with E-state index in [1.807, 2.05) is 34.9 Å². The lowest BCUT2D eigenvalue weighted by Gasteiger charge is -2.23. The standard InChI is InChI=1S/C20H25N3O3/c1-13(2)26-18(24)12-23-19(25)16-10-14-8-6-7-9-15(14)22(16)11-17(21-23)20(3,4)5/h6-10,13H,11-12H2,1-5H3. The number of benzene rings is 1. The predicted octanol–water partition coefficient (Wildman–Crippen LogP) is 3.45. The topological polar surface area (TPSA) is 63.9 Å². The van der Waals surface area contributed by atoms with E-state index in [4.69, 9.17) is 4.74 Å². The van der Waals surface area contributed by atoms with Crippen LogP contribution in [0.2, 0.25) is 0 Å². The lowest BCUT2D eigenvalue weighted by molar-refractivity contribution is -0.148.